The number of pyridine rings is 2. The highest BCUT2D eigenvalue weighted by Crippen LogP contribution is 2.25. The number of ether oxygens (including phenoxy) is 3. The fourth-order valence-corrected chi connectivity index (χ4v) is 4.39. The van der Waals surface area contributed by atoms with Gasteiger partial charge >= 0.3 is 5.97 Å². The number of carbonyl (C=O) groups is 2. The Morgan fingerprint density at radius 2 is 2.03 bits per heavy atom. The average molecular weight is 456 g/mol. The van der Waals surface area contributed by atoms with Crippen molar-refractivity contribution in [2.24, 2.45) is 0 Å². The predicted octanol–water partition coefficient (Wildman–Crippen LogP) is 1.61. The van der Waals surface area contributed by atoms with Crippen LogP contribution in [0.3, 0.4) is 0 Å². The second kappa shape index (κ2) is 10.6. The Morgan fingerprint density at radius 1 is 1.21 bits per heavy atom. The molecule has 0 bridgehead atoms. The molecular weight excluding hydrogens is 426 g/mol. The van der Waals surface area contributed by atoms with E-state index in [9.17, 15) is 14.4 Å². The first-order chi connectivity index (χ1) is 16.1. The Morgan fingerprint density at radius 3 is 2.76 bits per heavy atom. The Balaban J connectivity index is 1.51. The van der Waals surface area contributed by atoms with Crippen LogP contribution in [0.2, 0.25) is 0 Å². The quantitative estimate of drug-likeness (QED) is 0.462. The van der Waals surface area contributed by atoms with Crippen LogP contribution in [0.5, 0.6) is 5.75 Å². The van der Waals surface area contributed by atoms with Crippen molar-refractivity contribution in [1.82, 2.24) is 14.5 Å². The monoisotopic (exact) mass is 455 g/mol. The smallest absolute Gasteiger partial charge is 0.343 e. The van der Waals surface area contributed by atoms with Crippen LogP contribution in [0.4, 0.5) is 0 Å². The zero-order chi connectivity index (χ0) is 23.2. The van der Waals surface area contributed by atoms with E-state index in [1.165, 1.54) is 13.2 Å². The zero-order valence-corrected chi connectivity index (χ0v) is 18.8. The lowest BCUT2D eigenvalue weighted by Crippen LogP contribution is -2.40. The molecule has 9 heteroatoms. The molecule has 0 N–H and O–H groups in total. The molecule has 2 aromatic rings. The van der Waals surface area contributed by atoms with Gasteiger partial charge in [0.1, 0.15) is 17.4 Å². The number of hydrogen-bond acceptors (Lipinski definition) is 7. The highest BCUT2D eigenvalue weighted by molar-refractivity contribution is 5.93. The zero-order valence-electron chi connectivity index (χ0n) is 18.8. The molecule has 176 valence electrons. The molecule has 1 fully saturated rings. The van der Waals surface area contributed by atoms with E-state index in [1.54, 1.807) is 21.9 Å². The first-order valence-electron chi connectivity index (χ1n) is 11.4. The standard InChI is InChI=1S/C24H29N3O6/c1-31-24(30)22-18-8-11-26(23(29)19-5-3-15-32-19)12-13-27(18)21(28)16-20(22)33-14-2-4-17-6-9-25-10-7-17/h6-7,9-10,16,19H,2-5,8,11-15H2,1H3/t19-/m1/s1. The van der Waals surface area contributed by atoms with Gasteiger partial charge < -0.3 is 23.7 Å². The third kappa shape index (κ3) is 5.24. The number of nitrogens with zero attached hydrogens (tertiary/aromatic N) is 3. The topological polar surface area (TPSA) is 100.0 Å². The van der Waals surface area contributed by atoms with Crippen molar-refractivity contribution >= 4 is 11.9 Å². The Kier molecular flexibility index (Phi) is 7.39. The summed E-state index contributed by atoms with van der Waals surface area (Å²) >= 11 is 0. The summed E-state index contributed by atoms with van der Waals surface area (Å²) in [6.45, 7) is 2.03. The van der Waals surface area contributed by atoms with Crippen molar-refractivity contribution in [3.05, 3.63) is 57.8 Å². The Hall–Kier alpha value is -3.20. The molecule has 1 atom stereocenters. The van der Waals surface area contributed by atoms with Crippen molar-refractivity contribution < 1.29 is 23.8 Å². The first-order valence-corrected chi connectivity index (χ1v) is 11.4. The maximum Gasteiger partial charge on any atom is 0.343 e. The molecule has 4 rings (SSSR count). The molecular formula is C24H29N3O6. The molecule has 0 aliphatic carbocycles. The van der Waals surface area contributed by atoms with E-state index in [2.05, 4.69) is 4.98 Å². The fraction of sp³-hybridized carbons (Fsp3) is 0.500. The second-order valence-electron chi connectivity index (χ2n) is 8.20. The number of hydrogen-bond donors (Lipinski definition) is 0. The minimum absolute atomic E-state index is 0.0550. The third-order valence-corrected chi connectivity index (χ3v) is 6.12. The van der Waals surface area contributed by atoms with E-state index < -0.39 is 12.1 Å². The van der Waals surface area contributed by atoms with Gasteiger partial charge in [-0.1, -0.05) is 0 Å². The van der Waals surface area contributed by atoms with Crippen LogP contribution in [0.1, 0.15) is 40.9 Å². The van der Waals surface area contributed by atoms with Gasteiger partial charge in [0.2, 0.25) is 0 Å². The molecule has 0 saturated carbocycles. The summed E-state index contributed by atoms with van der Waals surface area (Å²) in [4.78, 5) is 44.1. The van der Waals surface area contributed by atoms with Gasteiger partial charge in [0.15, 0.2) is 0 Å². The minimum Gasteiger partial charge on any atom is -0.492 e. The van der Waals surface area contributed by atoms with Crippen molar-refractivity contribution in [2.75, 3.05) is 33.4 Å². The molecule has 9 nitrogen and oxygen atoms in total. The lowest BCUT2D eigenvalue weighted by Gasteiger charge is -2.23. The normalized spacial score (nSPS) is 17.8. The number of carbonyl (C=O) groups excluding carboxylic acids is 2. The second-order valence-corrected chi connectivity index (χ2v) is 8.20. The summed E-state index contributed by atoms with van der Waals surface area (Å²) in [7, 11) is 1.31. The molecule has 0 unspecified atom stereocenters. The van der Waals surface area contributed by atoms with Gasteiger partial charge in [-0.25, -0.2) is 4.79 Å². The number of rotatable bonds is 7. The molecule has 2 aliphatic rings. The summed E-state index contributed by atoms with van der Waals surface area (Å²) in [5.41, 5.74) is 1.68. The van der Waals surface area contributed by atoms with Gasteiger partial charge in [0.05, 0.1) is 13.7 Å². The average Bonchev–Trinajstić information content (AvgIpc) is 3.28. The van der Waals surface area contributed by atoms with E-state index in [4.69, 9.17) is 14.2 Å². The fourth-order valence-electron chi connectivity index (χ4n) is 4.39. The molecule has 1 saturated heterocycles. The number of methoxy groups -OCH3 is 1. The van der Waals surface area contributed by atoms with E-state index in [0.29, 0.717) is 57.8 Å². The Bertz CT molecular complexity index is 1050. The Labute approximate surface area is 192 Å². The SMILES string of the molecule is COC(=O)c1c(OCCCc2ccncc2)cc(=O)n2c1CCN(C(=O)[C@H]1CCCO1)CC2. The number of esters is 1. The molecule has 1 amide bonds. The molecule has 0 aromatic carbocycles. The largest absolute Gasteiger partial charge is 0.492 e. The number of aromatic nitrogens is 2. The number of aryl methyl sites for hydroxylation is 1. The highest BCUT2D eigenvalue weighted by atomic mass is 16.5. The van der Waals surface area contributed by atoms with E-state index in [0.717, 1.165) is 18.4 Å². The predicted molar refractivity (Wildman–Crippen MR) is 119 cm³/mol. The van der Waals surface area contributed by atoms with Crippen LogP contribution in [-0.4, -0.2) is 65.8 Å². The van der Waals surface area contributed by atoms with Crippen LogP contribution >= 0.6 is 0 Å². The van der Waals surface area contributed by atoms with Crippen molar-refractivity contribution in [1.29, 1.82) is 0 Å². The maximum atomic E-state index is 12.9. The summed E-state index contributed by atoms with van der Waals surface area (Å²) in [6.07, 6.45) is 6.52. The van der Waals surface area contributed by atoms with E-state index >= 15 is 0 Å². The van der Waals surface area contributed by atoms with Crippen LogP contribution < -0.4 is 10.3 Å². The molecule has 33 heavy (non-hydrogen) atoms. The van der Waals surface area contributed by atoms with Crippen molar-refractivity contribution in [2.45, 2.75) is 44.8 Å². The summed E-state index contributed by atoms with van der Waals surface area (Å²) in [5.74, 6) is -0.380. The van der Waals surface area contributed by atoms with Gasteiger partial charge in [0.25, 0.3) is 11.5 Å². The van der Waals surface area contributed by atoms with Gasteiger partial charge in [-0.05, 0) is 43.4 Å². The van der Waals surface area contributed by atoms with Gasteiger partial charge in [-0.2, -0.15) is 0 Å². The molecule has 2 aromatic heterocycles. The van der Waals surface area contributed by atoms with Gasteiger partial charge in [-0.15, -0.1) is 0 Å². The van der Waals surface area contributed by atoms with Crippen LogP contribution in [-0.2, 0) is 33.7 Å². The summed E-state index contributed by atoms with van der Waals surface area (Å²) < 4.78 is 18.0. The minimum atomic E-state index is -0.554. The molecule has 0 radical (unpaired) electrons. The summed E-state index contributed by atoms with van der Waals surface area (Å²) in [5, 5.41) is 0. The molecule has 0 spiro atoms. The van der Waals surface area contributed by atoms with E-state index in [-0.39, 0.29) is 22.8 Å². The lowest BCUT2D eigenvalue weighted by molar-refractivity contribution is -0.140. The molecule has 4 heterocycles. The van der Waals surface area contributed by atoms with E-state index in [1.807, 2.05) is 12.1 Å². The first kappa shape index (κ1) is 23.0. The number of amides is 1. The van der Waals surface area contributed by atoms with Crippen LogP contribution in [0.25, 0.3) is 0 Å². The molecule has 2 aliphatic heterocycles. The highest BCUT2D eigenvalue weighted by Gasteiger charge is 2.31. The maximum absolute atomic E-state index is 12.9. The van der Waals surface area contributed by atoms with Crippen molar-refractivity contribution in [3.63, 3.8) is 0 Å². The van der Waals surface area contributed by atoms with Crippen LogP contribution in [0, 0.1) is 0 Å². The van der Waals surface area contributed by atoms with Crippen LogP contribution in [0.15, 0.2) is 35.4 Å². The number of fused-ring (bicyclic) bond motifs is 1. The third-order valence-electron chi connectivity index (χ3n) is 6.12. The van der Waals surface area contributed by atoms with Gasteiger partial charge in [0, 0.05) is 56.8 Å². The lowest BCUT2D eigenvalue weighted by atomic mass is 10.1. The van der Waals surface area contributed by atoms with Gasteiger partial charge in [-0.3, -0.25) is 14.6 Å². The van der Waals surface area contributed by atoms with Crippen molar-refractivity contribution in [3.8, 4) is 5.75 Å². The summed E-state index contributed by atoms with van der Waals surface area (Å²) in [6, 6.07) is 5.23.